The summed E-state index contributed by atoms with van der Waals surface area (Å²) in [4.78, 5) is 3.96. The number of nitrogen functional groups attached to an aromatic ring is 1. The average molecular weight is 184 g/mol. The maximum atomic E-state index is 5.34. The maximum absolute atomic E-state index is 5.34. The zero-order valence-electron chi connectivity index (χ0n) is 6.95. The van der Waals surface area contributed by atoms with Crippen molar-refractivity contribution in [2.45, 2.75) is 13.3 Å². The highest BCUT2D eigenvalue weighted by atomic mass is 32.1. The largest absolute Gasteiger partial charge is 0.367 e. The Bertz CT molecular complexity index is 256. The van der Waals surface area contributed by atoms with Crippen molar-refractivity contribution in [2.75, 3.05) is 17.6 Å². The second kappa shape index (κ2) is 4.71. The Morgan fingerprint density at radius 1 is 1.67 bits per heavy atom. The molecule has 0 saturated heterocycles. The summed E-state index contributed by atoms with van der Waals surface area (Å²) in [6.07, 6.45) is 5.11. The summed E-state index contributed by atoms with van der Waals surface area (Å²) >= 11 is 1.29. The number of nitrogens with one attached hydrogen (secondary N) is 1. The minimum Gasteiger partial charge on any atom is -0.367 e. The number of nitrogens with zero attached hydrogens (tertiary/aromatic N) is 2. The zero-order chi connectivity index (χ0) is 8.81. The molecule has 0 saturated carbocycles. The van der Waals surface area contributed by atoms with E-state index in [4.69, 9.17) is 5.73 Å². The summed E-state index contributed by atoms with van der Waals surface area (Å²) in [6.45, 7) is 2.88. The van der Waals surface area contributed by atoms with Crippen LogP contribution in [0.15, 0.2) is 12.2 Å². The summed E-state index contributed by atoms with van der Waals surface area (Å²) in [6, 6.07) is 0. The molecule has 5 heteroatoms. The van der Waals surface area contributed by atoms with Crippen LogP contribution >= 0.6 is 11.5 Å². The molecule has 0 fully saturated rings. The Morgan fingerprint density at radius 3 is 3.08 bits per heavy atom. The summed E-state index contributed by atoms with van der Waals surface area (Å²) in [5.74, 6) is 0.341. The van der Waals surface area contributed by atoms with Crippen LogP contribution in [-0.4, -0.2) is 15.9 Å². The van der Waals surface area contributed by atoms with Crippen molar-refractivity contribution in [1.82, 2.24) is 9.36 Å². The number of hydrogen-bond donors (Lipinski definition) is 2. The zero-order valence-corrected chi connectivity index (χ0v) is 7.77. The van der Waals surface area contributed by atoms with E-state index in [1.807, 2.05) is 13.0 Å². The van der Waals surface area contributed by atoms with Crippen molar-refractivity contribution in [3.63, 3.8) is 0 Å². The first-order chi connectivity index (χ1) is 5.83. The van der Waals surface area contributed by atoms with E-state index in [1.165, 1.54) is 11.5 Å². The number of nitrogens with two attached hydrogens (primary N) is 1. The molecule has 1 aromatic rings. The molecule has 0 radical (unpaired) electrons. The van der Waals surface area contributed by atoms with E-state index in [0.29, 0.717) is 5.95 Å². The van der Waals surface area contributed by atoms with Crippen molar-refractivity contribution in [2.24, 2.45) is 0 Å². The van der Waals surface area contributed by atoms with Crippen molar-refractivity contribution < 1.29 is 0 Å². The molecule has 12 heavy (non-hydrogen) atoms. The van der Waals surface area contributed by atoms with E-state index >= 15 is 0 Å². The van der Waals surface area contributed by atoms with Gasteiger partial charge in [0.05, 0.1) is 0 Å². The molecule has 0 bridgehead atoms. The van der Waals surface area contributed by atoms with Crippen LogP contribution in [0.3, 0.4) is 0 Å². The average Bonchev–Trinajstić information content (AvgIpc) is 2.45. The van der Waals surface area contributed by atoms with Gasteiger partial charge in [-0.2, -0.15) is 9.36 Å². The van der Waals surface area contributed by atoms with Gasteiger partial charge in [-0.25, -0.2) is 0 Å². The molecular weight excluding hydrogens is 172 g/mol. The summed E-state index contributed by atoms with van der Waals surface area (Å²) in [5, 5.41) is 3.90. The standard InChI is InChI=1S/C7H12N4S/c1-2-3-4-5-9-7-10-6(8)11-12-7/h2-3H,4-5H2,1H3,(H3,8,9,10,11)/b3-2+. The Labute approximate surface area is 75.7 Å². The molecule has 4 nitrogen and oxygen atoms in total. The first-order valence-corrected chi connectivity index (χ1v) is 4.54. The highest BCUT2D eigenvalue weighted by molar-refractivity contribution is 7.09. The lowest BCUT2D eigenvalue weighted by Gasteiger charge is -1.96. The van der Waals surface area contributed by atoms with E-state index in [0.717, 1.165) is 18.1 Å². The third-order valence-electron chi connectivity index (χ3n) is 1.26. The van der Waals surface area contributed by atoms with Crippen molar-refractivity contribution in [3.8, 4) is 0 Å². The van der Waals surface area contributed by atoms with Crippen LogP contribution in [-0.2, 0) is 0 Å². The van der Waals surface area contributed by atoms with Crippen LogP contribution in [0, 0.1) is 0 Å². The molecule has 0 amide bonds. The Morgan fingerprint density at radius 2 is 2.50 bits per heavy atom. The predicted octanol–water partition coefficient (Wildman–Crippen LogP) is 1.50. The molecule has 0 unspecified atom stereocenters. The van der Waals surface area contributed by atoms with Crippen LogP contribution in [0.1, 0.15) is 13.3 Å². The van der Waals surface area contributed by atoms with Crippen LogP contribution in [0.4, 0.5) is 11.1 Å². The van der Waals surface area contributed by atoms with Crippen LogP contribution in [0.5, 0.6) is 0 Å². The molecule has 0 aliphatic carbocycles. The minimum atomic E-state index is 0.341. The van der Waals surface area contributed by atoms with Crippen molar-refractivity contribution >= 4 is 22.6 Å². The Balaban J connectivity index is 2.24. The SMILES string of the molecule is C/C=C/CCNc1nc(N)ns1. The fraction of sp³-hybridized carbons (Fsp3) is 0.429. The minimum absolute atomic E-state index is 0.341. The van der Waals surface area contributed by atoms with Gasteiger partial charge in [0.25, 0.3) is 0 Å². The van der Waals surface area contributed by atoms with E-state index in [1.54, 1.807) is 0 Å². The molecule has 3 N–H and O–H groups in total. The summed E-state index contributed by atoms with van der Waals surface area (Å²) < 4.78 is 3.84. The fourth-order valence-corrected chi connectivity index (χ4v) is 1.26. The topological polar surface area (TPSA) is 63.8 Å². The highest BCUT2D eigenvalue weighted by Gasteiger charge is 1.96. The van der Waals surface area contributed by atoms with Crippen LogP contribution in [0.25, 0.3) is 0 Å². The molecule has 0 aliphatic rings. The van der Waals surface area contributed by atoms with E-state index in [-0.39, 0.29) is 0 Å². The smallest absolute Gasteiger partial charge is 0.233 e. The molecule has 0 spiro atoms. The number of hydrogen-bond acceptors (Lipinski definition) is 5. The lowest BCUT2D eigenvalue weighted by atomic mass is 10.4. The van der Waals surface area contributed by atoms with Crippen molar-refractivity contribution in [1.29, 1.82) is 0 Å². The highest BCUT2D eigenvalue weighted by Crippen LogP contribution is 2.11. The molecule has 1 aromatic heterocycles. The van der Waals surface area contributed by atoms with Gasteiger partial charge in [0.15, 0.2) is 0 Å². The van der Waals surface area contributed by atoms with E-state index in [9.17, 15) is 0 Å². The van der Waals surface area contributed by atoms with E-state index in [2.05, 4.69) is 20.8 Å². The normalized spacial score (nSPS) is 10.8. The van der Waals surface area contributed by atoms with Gasteiger partial charge in [0, 0.05) is 18.1 Å². The third kappa shape index (κ3) is 2.87. The predicted molar refractivity (Wildman–Crippen MR) is 52.2 cm³/mol. The lowest BCUT2D eigenvalue weighted by molar-refractivity contribution is 1.06. The molecule has 1 heterocycles. The third-order valence-corrected chi connectivity index (χ3v) is 1.95. The van der Waals surface area contributed by atoms with Gasteiger partial charge in [-0.05, 0) is 13.3 Å². The summed E-state index contributed by atoms with van der Waals surface area (Å²) in [5.41, 5.74) is 5.34. The van der Waals surface area contributed by atoms with Gasteiger partial charge >= 0.3 is 0 Å². The van der Waals surface area contributed by atoms with Gasteiger partial charge in [0.1, 0.15) is 0 Å². The fourth-order valence-electron chi connectivity index (χ4n) is 0.736. The Kier molecular flexibility index (Phi) is 3.53. The first-order valence-electron chi connectivity index (χ1n) is 3.77. The monoisotopic (exact) mass is 184 g/mol. The molecule has 0 aromatic carbocycles. The quantitative estimate of drug-likeness (QED) is 0.550. The molecule has 0 aliphatic heterocycles. The van der Waals surface area contributed by atoms with Crippen LogP contribution in [0.2, 0.25) is 0 Å². The second-order valence-corrected chi connectivity index (χ2v) is 2.99. The summed E-state index contributed by atoms with van der Waals surface area (Å²) in [7, 11) is 0. The number of rotatable bonds is 4. The van der Waals surface area contributed by atoms with Gasteiger partial charge in [-0.3, -0.25) is 0 Å². The van der Waals surface area contributed by atoms with E-state index < -0.39 is 0 Å². The lowest BCUT2D eigenvalue weighted by Crippen LogP contribution is -1.99. The number of aromatic nitrogens is 2. The molecule has 0 atom stereocenters. The van der Waals surface area contributed by atoms with Gasteiger partial charge in [-0.1, -0.05) is 12.2 Å². The van der Waals surface area contributed by atoms with Crippen LogP contribution < -0.4 is 11.1 Å². The van der Waals surface area contributed by atoms with Crippen molar-refractivity contribution in [3.05, 3.63) is 12.2 Å². The Hall–Kier alpha value is -1.10. The maximum Gasteiger partial charge on any atom is 0.233 e. The molecule has 1 rings (SSSR count). The molecular formula is C7H12N4S. The van der Waals surface area contributed by atoms with Gasteiger partial charge in [-0.15, -0.1) is 0 Å². The first kappa shape index (κ1) is 8.99. The number of anilines is 2. The molecule has 66 valence electrons. The second-order valence-electron chi connectivity index (χ2n) is 2.24. The van der Waals surface area contributed by atoms with Gasteiger partial charge < -0.3 is 11.1 Å². The van der Waals surface area contributed by atoms with Gasteiger partial charge in [0.2, 0.25) is 11.1 Å². The number of allylic oxidation sites excluding steroid dienone is 1.